The van der Waals surface area contributed by atoms with E-state index in [2.05, 4.69) is 5.32 Å². The number of nitrogens with one attached hydrogen (secondary N) is 2. The highest BCUT2D eigenvalue weighted by Gasteiger charge is 2.20. The third-order valence-electron chi connectivity index (χ3n) is 1.65. The van der Waals surface area contributed by atoms with Crippen LogP contribution in [0.25, 0.3) is 0 Å². The molecule has 9 heavy (non-hydrogen) atoms. The van der Waals surface area contributed by atoms with E-state index in [1.165, 1.54) is 6.26 Å². The lowest BCUT2D eigenvalue weighted by Crippen LogP contribution is -2.21. The molecule has 1 aliphatic heterocycles. The first-order valence-electron chi connectivity index (χ1n) is 3.04. The first kappa shape index (κ1) is 7.02. The molecule has 0 saturated carbocycles. The summed E-state index contributed by atoms with van der Waals surface area (Å²) in [5, 5.41) is 3.17. The SMILES string of the molecule is CS(=N)(=O)[C@@H]1CCNC1. The second-order valence-electron chi connectivity index (χ2n) is 2.52. The van der Waals surface area contributed by atoms with E-state index in [-0.39, 0.29) is 5.25 Å². The molecular formula is C5H12N2OS. The van der Waals surface area contributed by atoms with Gasteiger partial charge in [0, 0.05) is 22.5 Å². The van der Waals surface area contributed by atoms with Gasteiger partial charge in [-0.2, -0.15) is 0 Å². The van der Waals surface area contributed by atoms with Crippen LogP contribution in [0, 0.1) is 4.78 Å². The average molecular weight is 148 g/mol. The standard InChI is InChI=1S/C5H12N2OS/c1-9(6,8)5-2-3-7-4-5/h5-7H,2-4H2,1H3/t5-,9?/m1/s1. The molecule has 1 aliphatic rings. The van der Waals surface area contributed by atoms with Crippen molar-refractivity contribution in [3.63, 3.8) is 0 Å². The van der Waals surface area contributed by atoms with Crippen molar-refractivity contribution in [3.05, 3.63) is 0 Å². The van der Waals surface area contributed by atoms with E-state index < -0.39 is 9.73 Å². The van der Waals surface area contributed by atoms with E-state index in [1.54, 1.807) is 0 Å². The van der Waals surface area contributed by atoms with E-state index in [0.29, 0.717) is 0 Å². The molecule has 0 radical (unpaired) electrons. The summed E-state index contributed by atoms with van der Waals surface area (Å²) in [4.78, 5) is 0. The van der Waals surface area contributed by atoms with Crippen molar-refractivity contribution < 1.29 is 4.21 Å². The van der Waals surface area contributed by atoms with Crippen LogP contribution in [0.2, 0.25) is 0 Å². The van der Waals surface area contributed by atoms with Crippen LogP contribution in [0.5, 0.6) is 0 Å². The summed E-state index contributed by atoms with van der Waals surface area (Å²) in [5.74, 6) is 0. The van der Waals surface area contributed by atoms with E-state index in [9.17, 15) is 4.21 Å². The summed E-state index contributed by atoms with van der Waals surface area (Å²) in [7, 11) is -2.27. The van der Waals surface area contributed by atoms with Gasteiger partial charge in [0.25, 0.3) is 0 Å². The zero-order valence-corrected chi connectivity index (χ0v) is 6.33. The lowest BCUT2D eigenvalue weighted by molar-refractivity contribution is 0.667. The van der Waals surface area contributed by atoms with Gasteiger partial charge in [0.1, 0.15) is 0 Å². The first-order chi connectivity index (χ1) is 4.11. The Morgan fingerprint density at radius 2 is 2.44 bits per heavy atom. The molecule has 1 saturated heterocycles. The Hall–Kier alpha value is -0.0900. The molecule has 1 fully saturated rings. The van der Waals surface area contributed by atoms with E-state index in [1.807, 2.05) is 0 Å². The van der Waals surface area contributed by atoms with Crippen molar-refractivity contribution in [1.82, 2.24) is 5.32 Å². The molecule has 4 heteroatoms. The Morgan fingerprint density at radius 1 is 1.78 bits per heavy atom. The Morgan fingerprint density at radius 3 is 2.67 bits per heavy atom. The Balaban J connectivity index is 2.63. The number of rotatable bonds is 1. The van der Waals surface area contributed by atoms with Gasteiger partial charge in [0.2, 0.25) is 0 Å². The van der Waals surface area contributed by atoms with Gasteiger partial charge < -0.3 is 5.32 Å². The highest BCUT2D eigenvalue weighted by Crippen LogP contribution is 2.07. The molecule has 2 atom stereocenters. The Kier molecular flexibility index (Phi) is 1.77. The Labute approximate surface area is 55.8 Å². The molecule has 0 aliphatic carbocycles. The molecule has 54 valence electrons. The van der Waals surface area contributed by atoms with Gasteiger partial charge in [0.15, 0.2) is 0 Å². The van der Waals surface area contributed by atoms with Gasteiger partial charge in [-0.1, -0.05) is 0 Å². The summed E-state index contributed by atoms with van der Waals surface area (Å²) in [6.45, 7) is 1.69. The summed E-state index contributed by atoms with van der Waals surface area (Å²) in [6.07, 6.45) is 2.42. The molecule has 3 nitrogen and oxygen atoms in total. The monoisotopic (exact) mass is 148 g/mol. The summed E-state index contributed by atoms with van der Waals surface area (Å²) >= 11 is 0. The second kappa shape index (κ2) is 2.27. The van der Waals surface area contributed by atoms with Gasteiger partial charge in [-0.15, -0.1) is 0 Å². The van der Waals surface area contributed by atoms with E-state index in [4.69, 9.17) is 4.78 Å². The summed E-state index contributed by atoms with van der Waals surface area (Å²) in [6, 6.07) is 0. The van der Waals surface area contributed by atoms with Crippen LogP contribution in [0.4, 0.5) is 0 Å². The maximum Gasteiger partial charge on any atom is 0.0562 e. The van der Waals surface area contributed by atoms with Gasteiger partial charge >= 0.3 is 0 Å². The zero-order chi connectivity index (χ0) is 6.91. The fourth-order valence-electron chi connectivity index (χ4n) is 1.01. The fourth-order valence-corrected chi connectivity index (χ4v) is 2.02. The van der Waals surface area contributed by atoms with Crippen molar-refractivity contribution in [2.75, 3.05) is 19.3 Å². The zero-order valence-electron chi connectivity index (χ0n) is 5.52. The first-order valence-corrected chi connectivity index (χ1v) is 5.07. The molecule has 0 aromatic heterocycles. The molecule has 1 unspecified atom stereocenters. The highest BCUT2D eigenvalue weighted by molar-refractivity contribution is 7.92. The van der Waals surface area contributed by atoms with Crippen LogP contribution in [-0.2, 0) is 9.73 Å². The predicted octanol–water partition coefficient (Wildman–Crippen LogP) is 0.0249. The average Bonchev–Trinajstić information content (AvgIpc) is 2.08. The maximum absolute atomic E-state index is 11.0. The minimum absolute atomic E-state index is 0.0949. The van der Waals surface area contributed by atoms with Crippen LogP contribution in [-0.4, -0.2) is 28.8 Å². The fraction of sp³-hybridized carbons (Fsp3) is 1.00. The van der Waals surface area contributed by atoms with Crippen molar-refractivity contribution >= 4 is 9.73 Å². The molecule has 0 aromatic carbocycles. The Bertz CT molecular complexity index is 179. The normalized spacial score (nSPS) is 34.1. The summed E-state index contributed by atoms with van der Waals surface area (Å²) in [5.41, 5.74) is 0. The second-order valence-corrected chi connectivity index (χ2v) is 4.99. The molecule has 1 heterocycles. The van der Waals surface area contributed by atoms with Crippen LogP contribution in [0.15, 0.2) is 0 Å². The van der Waals surface area contributed by atoms with Crippen molar-refractivity contribution in [2.45, 2.75) is 11.7 Å². The molecule has 0 spiro atoms. The van der Waals surface area contributed by atoms with Crippen molar-refractivity contribution in [3.8, 4) is 0 Å². The lowest BCUT2D eigenvalue weighted by Gasteiger charge is -2.06. The molecular weight excluding hydrogens is 136 g/mol. The van der Waals surface area contributed by atoms with Gasteiger partial charge in [-0.25, -0.2) is 4.21 Å². The molecule has 0 amide bonds. The van der Waals surface area contributed by atoms with Crippen LogP contribution in [0.3, 0.4) is 0 Å². The summed E-state index contributed by atoms with van der Waals surface area (Å²) < 4.78 is 18.2. The van der Waals surface area contributed by atoms with Crippen LogP contribution >= 0.6 is 0 Å². The highest BCUT2D eigenvalue weighted by atomic mass is 32.2. The van der Waals surface area contributed by atoms with Crippen molar-refractivity contribution in [1.29, 1.82) is 4.78 Å². The third kappa shape index (κ3) is 1.66. The number of hydrogen-bond donors (Lipinski definition) is 2. The topological polar surface area (TPSA) is 53.0 Å². The minimum Gasteiger partial charge on any atom is -0.315 e. The van der Waals surface area contributed by atoms with E-state index >= 15 is 0 Å². The molecule has 0 bridgehead atoms. The smallest absolute Gasteiger partial charge is 0.0562 e. The van der Waals surface area contributed by atoms with Gasteiger partial charge in [-0.3, -0.25) is 4.78 Å². The van der Waals surface area contributed by atoms with Crippen LogP contribution in [0.1, 0.15) is 6.42 Å². The van der Waals surface area contributed by atoms with E-state index in [0.717, 1.165) is 19.5 Å². The molecule has 0 aromatic rings. The van der Waals surface area contributed by atoms with Crippen LogP contribution < -0.4 is 5.32 Å². The van der Waals surface area contributed by atoms with Crippen molar-refractivity contribution in [2.24, 2.45) is 0 Å². The minimum atomic E-state index is -2.27. The maximum atomic E-state index is 11.0. The molecule has 2 N–H and O–H groups in total. The third-order valence-corrected chi connectivity index (χ3v) is 3.33. The quantitative estimate of drug-likeness (QED) is 0.551. The lowest BCUT2D eigenvalue weighted by atomic mass is 10.4. The van der Waals surface area contributed by atoms with Gasteiger partial charge in [-0.05, 0) is 13.0 Å². The number of hydrogen-bond acceptors (Lipinski definition) is 3. The molecule has 1 rings (SSSR count). The van der Waals surface area contributed by atoms with Gasteiger partial charge in [0.05, 0.1) is 5.25 Å². The predicted molar refractivity (Wildman–Crippen MR) is 38.1 cm³/mol. The largest absolute Gasteiger partial charge is 0.315 e.